The van der Waals surface area contributed by atoms with Gasteiger partial charge in [0.1, 0.15) is 5.82 Å². The smallest absolute Gasteiger partial charge is 0.163 e. The first-order valence-electron chi connectivity index (χ1n) is 8.46. The maximum absolute atomic E-state index is 4.71. The summed E-state index contributed by atoms with van der Waals surface area (Å²) in [4.78, 5) is 16.0. The van der Waals surface area contributed by atoms with E-state index < -0.39 is 0 Å². The number of piperidine rings is 1. The topological polar surface area (TPSA) is 53.9 Å². The van der Waals surface area contributed by atoms with Crippen LogP contribution in [0, 0.1) is 13.8 Å². The van der Waals surface area contributed by atoms with Gasteiger partial charge in [0.15, 0.2) is 5.82 Å². The van der Waals surface area contributed by atoms with Gasteiger partial charge in [0.25, 0.3) is 0 Å². The lowest BCUT2D eigenvalue weighted by atomic mass is 10.1. The average molecular weight is 311 g/mol. The molecule has 5 nitrogen and oxygen atoms in total. The number of anilines is 1. The molecule has 1 saturated heterocycles. The summed E-state index contributed by atoms with van der Waals surface area (Å²) >= 11 is 0. The van der Waals surface area contributed by atoms with Crippen LogP contribution in [0.1, 0.15) is 30.5 Å². The minimum absolute atomic E-state index is 0.738. The van der Waals surface area contributed by atoms with Crippen molar-refractivity contribution in [1.82, 2.24) is 19.9 Å². The molecule has 2 aromatic heterocycles. The fourth-order valence-corrected chi connectivity index (χ4v) is 2.94. The highest BCUT2D eigenvalue weighted by atomic mass is 15.1. The second-order valence-electron chi connectivity index (χ2n) is 6.18. The van der Waals surface area contributed by atoms with Crippen molar-refractivity contribution in [3.63, 3.8) is 0 Å². The molecule has 5 heteroatoms. The van der Waals surface area contributed by atoms with Crippen LogP contribution in [0.15, 0.2) is 24.5 Å². The Hall–Kier alpha value is -2.01. The largest absolute Gasteiger partial charge is 0.368 e. The Balaban J connectivity index is 1.69. The molecule has 1 N–H and O–H groups in total. The maximum Gasteiger partial charge on any atom is 0.163 e. The molecule has 3 heterocycles. The van der Waals surface area contributed by atoms with E-state index in [-0.39, 0.29) is 0 Å². The molecule has 122 valence electrons. The Bertz CT molecular complexity index is 635. The minimum Gasteiger partial charge on any atom is -0.368 e. The standard InChI is InChI=1S/C18H25N5/c1-14-15(2)21-18(16-7-6-8-19-13-16)22-17(14)20-9-12-23-10-4-3-5-11-23/h6-8,13H,3-5,9-12H2,1-2H3,(H,20,21,22). The first kappa shape index (κ1) is 15.9. The average Bonchev–Trinajstić information content (AvgIpc) is 2.60. The highest BCUT2D eigenvalue weighted by molar-refractivity contribution is 5.58. The van der Waals surface area contributed by atoms with Crippen molar-refractivity contribution in [2.75, 3.05) is 31.5 Å². The summed E-state index contributed by atoms with van der Waals surface area (Å²) in [6.45, 7) is 8.56. The number of hydrogen-bond donors (Lipinski definition) is 1. The van der Waals surface area contributed by atoms with Crippen molar-refractivity contribution in [2.45, 2.75) is 33.1 Å². The van der Waals surface area contributed by atoms with E-state index in [0.717, 1.165) is 41.6 Å². The van der Waals surface area contributed by atoms with Gasteiger partial charge >= 0.3 is 0 Å². The second-order valence-corrected chi connectivity index (χ2v) is 6.18. The van der Waals surface area contributed by atoms with Gasteiger partial charge in [0.05, 0.1) is 0 Å². The number of nitrogens with zero attached hydrogens (tertiary/aromatic N) is 4. The molecule has 0 radical (unpaired) electrons. The molecule has 0 saturated carbocycles. The van der Waals surface area contributed by atoms with Crippen LogP contribution < -0.4 is 5.32 Å². The third-order valence-corrected chi connectivity index (χ3v) is 4.48. The van der Waals surface area contributed by atoms with E-state index in [9.17, 15) is 0 Å². The Labute approximate surface area is 138 Å². The molecule has 1 aliphatic heterocycles. The minimum atomic E-state index is 0.738. The van der Waals surface area contributed by atoms with E-state index >= 15 is 0 Å². The van der Waals surface area contributed by atoms with Gasteiger partial charge in [0.2, 0.25) is 0 Å². The number of aromatic nitrogens is 3. The lowest BCUT2D eigenvalue weighted by Gasteiger charge is -2.26. The number of aryl methyl sites for hydroxylation is 1. The predicted octanol–water partition coefficient (Wildman–Crippen LogP) is 3.05. The van der Waals surface area contributed by atoms with Crippen molar-refractivity contribution >= 4 is 5.82 Å². The summed E-state index contributed by atoms with van der Waals surface area (Å²) in [5, 5.41) is 3.50. The third-order valence-electron chi connectivity index (χ3n) is 4.48. The molecule has 1 fully saturated rings. The summed E-state index contributed by atoms with van der Waals surface area (Å²) in [6, 6.07) is 3.91. The van der Waals surface area contributed by atoms with Gasteiger partial charge in [0, 0.05) is 42.3 Å². The molecular formula is C18H25N5. The lowest BCUT2D eigenvalue weighted by molar-refractivity contribution is 0.237. The van der Waals surface area contributed by atoms with Gasteiger partial charge in [-0.3, -0.25) is 4.98 Å². The summed E-state index contributed by atoms with van der Waals surface area (Å²) < 4.78 is 0. The quantitative estimate of drug-likeness (QED) is 0.920. The van der Waals surface area contributed by atoms with Gasteiger partial charge < -0.3 is 10.2 Å². The zero-order valence-corrected chi connectivity index (χ0v) is 14.0. The Morgan fingerprint density at radius 3 is 2.70 bits per heavy atom. The van der Waals surface area contributed by atoms with Crippen molar-refractivity contribution in [1.29, 1.82) is 0 Å². The second kappa shape index (κ2) is 7.51. The van der Waals surface area contributed by atoms with Crippen LogP contribution in [0.5, 0.6) is 0 Å². The fraction of sp³-hybridized carbons (Fsp3) is 0.500. The summed E-state index contributed by atoms with van der Waals surface area (Å²) in [7, 11) is 0. The van der Waals surface area contributed by atoms with Crippen LogP contribution in [0.25, 0.3) is 11.4 Å². The Morgan fingerprint density at radius 2 is 1.96 bits per heavy atom. The van der Waals surface area contributed by atoms with Crippen molar-refractivity contribution < 1.29 is 0 Å². The molecule has 2 aromatic rings. The Kier molecular flexibility index (Phi) is 5.18. The molecule has 3 rings (SSSR count). The van der Waals surface area contributed by atoms with E-state index in [1.807, 2.05) is 25.3 Å². The fourth-order valence-electron chi connectivity index (χ4n) is 2.94. The summed E-state index contributed by atoms with van der Waals surface area (Å²) in [5.74, 6) is 1.68. The highest BCUT2D eigenvalue weighted by Crippen LogP contribution is 2.21. The van der Waals surface area contributed by atoms with Crippen molar-refractivity contribution in [3.8, 4) is 11.4 Å². The van der Waals surface area contributed by atoms with Gasteiger partial charge in [-0.15, -0.1) is 0 Å². The first-order chi connectivity index (χ1) is 11.2. The van der Waals surface area contributed by atoms with E-state index in [2.05, 4.69) is 27.1 Å². The molecule has 1 aliphatic rings. The van der Waals surface area contributed by atoms with Crippen molar-refractivity contribution in [2.24, 2.45) is 0 Å². The molecule has 0 aliphatic carbocycles. The maximum atomic E-state index is 4.71. The zero-order chi connectivity index (χ0) is 16.1. The number of hydrogen-bond acceptors (Lipinski definition) is 5. The van der Waals surface area contributed by atoms with Crippen LogP contribution in [-0.4, -0.2) is 46.0 Å². The van der Waals surface area contributed by atoms with Gasteiger partial charge in [-0.25, -0.2) is 9.97 Å². The van der Waals surface area contributed by atoms with Crippen LogP contribution in [0.2, 0.25) is 0 Å². The molecule has 0 spiro atoms. The van der Waals surface area contributed by atoms with Crippen molar-refractivity contribution in [3.05, 3.63) is 35.8 Å². The molecular weight excluding hydrogens is 286 g/mol. The van der Waals surface area contributed by atoms with E-state index in [0.29, 0.717) is 0 Å². The number of likely N-dealkylation sites (tertiary alicyclic amines) is 1. The van der Waals surface area contributed by atoms with Gasteiger partial charge in [-0.1, -0.05) is 6.42 Å². The monoisotopic (exact) mass is 311 g/mol. The summed E-state index contributed by atoms with van der Waals surface area (Å²) in [6.07, 6.45) is 7.61. The Morgan fingerprint density at radius 1 is 1.13 bits per heavy atom. The molecule has 0 amide bonds. The normalized spacial score (nSPS) is 15.6. The number of nitrogens with one attached hydrogen (secondary N) is 1. The number of rotatable bonds is 5. The van der Waals surface area contributed by atoms with E-state index in [1.54, 1.807) is 6.20 Å². The van der Waals surface area contributed by atoms with Crippen LogP contribution in [0.4, 0.5) is 5.82 Å². The van der Waals surface area contributed by atoms with Gasteiger partial charge in [-0.05, 0) is 51.9 Å². The van der Waals surface area contributed by atoms with Crippen LogP contribution in [-0.2, 0) is 0 Å². The van der Waals surface area contributed by atoms with E-state index in [1.165, 1.54) is 32.4 Å². The van der Waals surface area contributed by atoms with E-state index in [4.69, 9.17) is 4.98 Å². The lowest BCUT2D eigenvalue weighted by Crippen LogP contribution is -2.33. The zero-order valence-electron chi connectivity index (χ0n) is 14.0. The molecule has 0 unspecified atom stereocenters. The number of pyridine rings is 1. The molecule has 0 bridgehead atoms. The van der Waals surface area contributed by atoms with Crippen LogP contribution >= 0.6 is 0 Å². The molecule has 23 heavy (non-hydrogen) atoms. The highest BCUT2D eigenvalue weighted by Gasteiger charge is 2.12. The van der Waals surface area contributed by atoms with Gasteiger partial charge in [-0.2, -0.15) is 0 Å². The summed E-state index contributed by atoms with van der Waals surface area (Å²) in [5.41, 5.74) is 3.09. The predicted molar refractivity (Wildman–Crippen MR) is 93.5 cm³/mol. The molecule has 0 atom stereocenters. The SMILES string of the molecule is Cc1nc(-c2cccnc2)nc(NCCN2CCCCC2)c1C. The first-order valence-corrected chi connectivity index (χ1v) is 8.46. The third kappa shape index (κ3) is 4.05. The van der Waals surface area contributed by atoms with Crippen LogP contribution in [0.3, 0.4) is 0 Å². The molecule has 0 aromatic carbocycles.